The van der Waals surface area contributed by atoms with Gasteiger partial charge in [0.2, 0.25) is 0 Å². The zero-order valence-corrected chi connectivity index (χ0v) is 4.72. The van der Waals surface area contributed by atoms with E-state index in [0.717, 1.165) is 6.42 Å². The first kappa shape index (κ1) is 6.70. The van der Waals surface area contributed by atoms with E-state index >= 15 is 0 Å². The number of rotatable bonds is 3. The summed E-state index contributed by atoms with van der Waals surface area (Å²) < 4.78 is 0. The van der Waals surface area contributed by atoms with Crippen LogP contribution < -0.4 is 0 Å². The summed E-state index contributed by atoms with van der Waals surface area (Å²) in [5, 5.41) is 8.32. The quantitative estimate of drug-likeness (QED) is 0.528. The zero-order valence-electron chi connectivity index (χ0n) is 4.72. The molecule has 0 aliphatic carbocycles. The van der Waals surface area contributed by atoms with Gasteiger partial charge in [0.25, 0.3) is 0 Å². The van der Waals surface area contributed by atoms with Gasteiger partial charge in [-0.1, -0.05) is 13.0 Å². The summed E-state index contributed by atoms with van der Waals surface area (Å²) in [6.07, 6.45) is 2.68. The number of allylic oxidation sites excluding steroid dienone is 1. The summed E-state index contributed by atoms with van der Waals surface area (Å²) in [6, 6.07) is 0. The predicted octanol–water partition coefficient (Wildman–Crippen LogP) is 1.19. The maximum atomic E-state index is 8.32. The summed E-state index contributed by atoms with van der Waals surface area (Å²) in [4.78, 5) is 0. The van der Waals surface area contributed by atoms with Crippen molar-refractivity contribution in [2.75, 3.05) is 6.61 Å². The number of hydrogen-bond acceptors (Lipinski definition) is 1. The van der Waals surface area contributed by atoms with E-state index in [1.54, 1.807) is 0 Å². The second-order valence-electron chi connectivity index (χ2n) is 1.73. The van der Waals surface area contributed by atoms with Crippen molar-refractivity contribution in [3.8, 4) is 0 Å². The highest BCUT2D eigenvalue weighted by Gasteiger charge is 1.90. The van der Waals surface area contributed by atoms with Gasteiger partial charge in [-0.05, 0) is 12.3 Å². The van der Waals surface area contributed by atoms with Gasteiger partial charge >= 0.3 is 0 Å². The van der Waals surface area contributed by atoms with Crippen LogP contribution in [0.3, 0.4) is 0 Å². The largest absolute Gasteiger partial charge is 0.396 e. The van der Waals surface area contributed by atoms with E-state index < -0.39 is 0 Å². The van der Waals surface area contributed by atoms with E-state index in [1.165, 1.54) is 0 Å². The molecule has 0 rings (SSSR count). The molecule has 0 heterocycles. The Kier molecular flexibility index (Phi) is 3.71. The Balaban J connectivity index is 2.98. The molecule has 42 valence electrons. The van der Waals surface area contributed by atoms with Crippen LogP contribution in [0.25, 0.3) is 0 Å². The Bertz CT molecular complexity index is 50.1. The summed E-state index contributed by atoms with van der Waals surface area (Å²) in [5.74, 6) is 0.463. The fourth-order valence-corrected chi connectivity index (χ4v) is 0.321. The van der Waals surface area contributed by atoms with Crippen molar-refractivity contribution in [3.63, 3.8) is 0 Å². The number of aliphatic hydroxyl groups excluding tert-OH is 1. The molecule has 0 aromatic heterocycles. The Morgan fingerprint density at radius 1 is 1.86 bits per heavy atom. The minimum atomic E-state index is 0.271. The van der Waals surface area contributed by atoms with E-state index in [0.29, 0.717) is 5.92 Å². The third kappa shape index (κ3) is 3.53. The summed E-state index contributed by atoms with van der Waals surface area (Å²) in [7, 11) is 0. The lowest BCUT2D eigenvalue weighted by Gasteiger charge is -1.97. The van der Waals surface area contributed by atoms with Crippen molar-refractivity contribution in [1.82, 2.24) is 0 Å². The monoisotopic (exact) mass is 100 g/mol. The van der Waals surface area contributed by atoms with Gasteiger partial charge in [-0.25, -0.2) is 0 Å². The maximum absolute atomic E-state index is 8.32. The molecule has 0 saturated heterocycles. The van der Waals surface area contributed by atoms with Crippen LogP contribution in [0.5, 0.6) is 0 Å². The molecule has 0 aliphatic heterocycles. The topological polar surface area (TPSA) is 20.2 Å². The molecule has 0 aliphatic rings. The van der Waals surface area contributed by atoms with E-state index in [4.69, 9.17) is 5.11 Å². The lowest BCUT2D eigenvalue weighted by Crippen LogP contribution is -1.91. The molecule has 1 N–H and O–H groups in total. The lowest BCUT2D eigenvalue weighted by molar-refractivity contribution is 0.274. The molecule has 0 amide bonds. The van der Waals surface area contributed by atoms with Crippen LogP contribution in [0.2, 0.25) is 0 Å². The highest BCUT2D eigenvalue weighted by molar-refractivity contribution is 4.73. The van der Waals surface area contributed by atoms with Crippen LogP contribution in [0.1, 0.15) is 13.3 Å². The second-order valence-corrected chi connectivity index (χ2v) is 1.73. The summed E-state index contributed by atoms with van der Waals surface area (Å²) >= 11 is 0. The van der Waals surface area contributed by atoms with Gasteiger partial charge in [0, 0.05) is 6.61 Å². The van der Waals surface area contributed by atoms with Crippen molar-refractivity contribution < 1.29 is 5.11 Å². The van der Waals surface area contributed by atoms with Gasteiger partial charge in [-0.2, -0.15) is 0 Å². The third-order valence-corrected chi connectivity index (χ3v) is 0.987. The van der Waals surface area contributed by atoms with E-state index in [9.17, 15) is 0 Å². The molecule has 7 heavy (non-hydrogen) atoms. The normalized spacial score (nSPS) is 13.4. The van der Waals surface area contributed by atoms with E-state index in [1.807, 2.05) is 13.0 Å². The van der Waals surface area contributed by atoms with Gasteiger partial charge in [0.1, 0.15) is 0 Å². The van der Waals surface area contributed by atoms with Crippen molar-refractivity contribution in [2.45, 2.75) is 13.3 Å². The van der Waals surface area contributed by atoms with Crippen molar-refractivity contribution in [2.24, 2.45) is 5.92 Å². The van der Waals surface area contributed by atoms with Crippen LogP contribution in [-0.4, -0.2) is 11.7 Å². The highest BCUT2D eigenvalue weighted by Crippen LogP contribution is 1.98. The van der Waals surface area contributed by atoms with Crippen molar-refractivity contribution in [1.29, 1.82) is 0 Å². The molecule has 0 bridgehead atoms. The Labute approximate surface area is 44.7 Å². The average Bonchev–Trinajstić information content (AvgIpc) is 1.68. The summed E-state index contributed by atoms with van der Waals surface area (Å²) in [6.45, 7) is 5.87. The van der Waals surface area contributed by atoms with Gasteiger partial charge in [-0.3, -0.25) is 0 Å². The third-order valence-electron chi connectivity index (χ3n) is 0.987. The fourth-order valence-electron chi connectivity index (χ4n) is 0.321. The first-order valence-corrected chi connectivity index (χ1v) is 2.54. The standard InChI is InChI=1S/C6H12O/c1-3-6(2)4-5-7/h3,6-7H,1,4-5H2,2H3/t6-/m0/s1. The molecule has 0 fully saturated rings. The van der Waals surface area contributed by atoms with Gasteiger partial charge < -0.3 is 5.11 Å². The number of aliphatic hydroxyl groups is 1. The molecule has 0 aromatic carbocycles. The molecule has 1 heteroatoms. The van der Waals surface area contributed by atoms with Crippen LogP contribution in [0.15, 0.2) is 12.7 Å². The Morgan fingerprint density at radius 3 is 2.57 bits per heavy atom. The van der Waals surface area contributed by atoms with E-state index in [-0.39, 0.29) is 6.61 Å². The fraction of sp³-hybridized carbons (Fsp3) is 0.667. The molecular formula is C6H12O. The molecule has 0 aromatic rings. The molecule has 1 atom stereocenters. The molecule has 0 unspecified atom stereocenters. The maximum Gasteiger partial charge on any atom is 0.0436 e. The number of hydrogen-bond donors (Lipinski definition) is 1. The average molecular weight is 100 g/mol. The van der Waals surface area contributed by atoms with Crippen LogP contribution in [0.4, 0.5) is 0 Å². The van der Waals surface area contributed by atoms with Crippen LogP contribution >= 0.6 is 0 Å². The van der Waals surface area contributed by atoms with Crippen LogP contribution in [-0.2, 0) is 0 Å². The smallest absolute Gasteiger partial charge is 0.0436 e. The van der Waals surface area contributed by atoms with E-state index in [2.05, 4.69) is 6.58 Å². The van der Waals surface area contributed by atoms with Gasteiger partial charge in [0.15, 0.2) is 0 Å². The zero-order chi connectivity index (χ0) is 5.70. The lowest BCUT2D eigenvalue weighted by atomic mass is 10.1. The molecule has 0 saturated carbocycles. The SMILES string of the molecule is C=C[C@H](C)CCO. The Hall–Kier alpha value is -0.300. The minimum Gasteiger partial charge on any atom is -0.396 e. The van der Waals surface area contributed by atoms with Gasteiger partial charge in [-0.15, -0.1) is 6.58 Å². The molecule has 1 nitrogen and oxygen atoms in total. The second kappa shape index (κ2) is 3.88. The molecule has 0 spiro atoms. The van der Waals surface area contributed by atoms with Gasteiger partial charge in [0.05, 0.1) is 0 Å². The molecule has 0 radical (unpaired) electrons. The predicted molar refractivity (Wildman–Crippen MR) is 31.1 cm³/mol. The van der Waals surface area contributed by atoms with Crippen molar-refractivity contribution >= 4 is 0 Å². The van der Waals surface area contributed by atoms with Crippen LogP contribution in [0, 0.1) is 5.92 Å². The minimum absolute atomic E-state index is 0.271. The Morgan fingerprint density at radius 2 is 2.43 bits per heavy atom. The highest BCUT2D eigenvalue weighted by atomic mass is 16.2. The molecular weight excluding hydrogens is 88.1 g/mol. The van der Waals surface area contributed by atoms with Crippen molar-refractivity contribution in [3.05, 3.63) is 12.7 Å². The summed E-state index contributed by atoms with van der Waals surface area (Å²) in [5.41, 5.74) is 0. The first-order chi connectivity index (χ1) is 3.31. The first-order valence-electron chi connectivity index (χ1n) is 2.54.